The highest BCUT2D eigenvalue weighted by Gasteiger charge is 2.31. The van der Waals surface area contributed by atoms with Crippen LogP contribution in [0.15, 0.2) is 83.8 Å². The van der Waals surface area contributed by atoms with E-state index in [0.29, 0.717) is 13.0 Å². The lowest BCUT2D eigenvalue weighted by Gasteiger charge is -2.24. The van der Waals surface area contributed by atoms with E-state index in [4.69, 9.17) is 0 Å². The molecule has 3 N–H and O–H groups in total. The molecule has 0 bridgehead atoms. The first-order valence-corrected chi connectivity index (χ1v) is 11.6. The Morgan fingerprint density at radius 3 is 2.37 bits per heavy atom. The molecule has 0 unspecified atom stereocenters. The van der Waals surface area contributed by atoms with E-state index in [0.717, 1.165) is 22.3 Å². The minimum atomic E-state index is -3.70. The normalized spacial score (nSPS) is 19.4. The lowest BCUT2D eigenvalue weighted by molar-refractivity contribution is 0.140. The van der Waals surface area contributed by atoms with Crippen molar-refractivity contribution >= 4 is 10.0 Å². The van der Waals surface area contributed by atoms with Gasteiger partial charge in [-0.25, -0.2) is 13.1 Å². The fraction of sp³-hybridized carbons (Fsp3) is 0.250. The highest BCUT2D eigenvalue weighted by Crippen LogP contribution is 2.31. The smallest absolute Gasteiger partial charge is 0.241 e. The molecule has 3 aromatic carbocycles. The molecule has 3 atom stereocenters. The van der Waals surface area contributed by atoms with Crippen LogP contribution >= 0.6 is 0 Å². The van der Waals surface area contributed by atoms with E-state index < -0.39 is 22.2 Å². The lowest BCUT2D eigenvalue weighted by Crippen LogP contribution is -2.39. The average Bonchev–Trinajstić information content (AvgIpc) is 3.07. The predicted molar refractivity (Wildman–Crippen MR) is 118 cm³/mol. The number of aryl methyl sites for hydroxylation is 1. The second kappa shape index (κ2) is 8.70. The number of sulfonamides is 1. The summed E-state index contributed by atoms with van der Waals surface area (Å²) >= 11 is 0. The molecule has 0 saturated heterocycles. The van der Waals surface area contributed by atoms with E-state index in [9.17, 15) is 13.5 Å². The van der Waals surface area contributed by atoms with Gasteiger partial charge in [-0.3, -0.25) is 0 Å². The first-order valence-electron chi connectivity index (χ1n) is 10.1. The van der Waals surface area contributed by atoms with E-state index in [1.165, 1.54) is 0 Å². The molecule has 1 aliphatic carbocycles. The van der Waals surface area contributed by atoms with Crippen LogP contribution in [0.4, 0.5) is 0 Å². The van der Waals surface area contributed by atoms with Crippen LogP contribution in [0.5, 0.6) is 0 Å². The summed E-state index contributed by atoms with van der Waals surface area (Å²) in [5.41, 5.74) is 4.06. The molecule has 0 heterocycles. The quantitative estimate of drug-likeness (QED) is 0.546. The third kappa shape index (κ3) is 4.47. The number of rotatable bonds is 7. The van der Waals surface area contributed by atoms with Crippen LogP contribution in [0, 0.1) is 6.92 Å². The maximum atomic E-state index is 13.0. The van der Waals surface area contributed by atoms with E-state index in [1.54, 1.807) is 24.3 Å². The van der Waals surface area contributed by atoms with Crippen molar-refractivity contribution in [2.24, 2.45) is 0 Å². The molecule has 30 heavy (non-hydrogen) atoms. The van der Waals surface area contributed by atoms with Crippen molar-refractivity contribution in [1.82, 2.24) is 10.0 Å². The van der Waals surface area contributed by atoms with Gasteiger partial charge >= 0.3 is 0 Å². The van der Waals surface area contributed by atoms with Gasteiger partial charge in [0.15, 0.2) is 0 Å². The minimum Gasteiger partial charge on any atom is -0.391 e. The second-order valence-electron chi connectivity index (χ2n) is 7.75. The zero-order valence-electron chi connectivity index (χ0n) is 16.8. The van der Waals surface area contributed by atoms with Crippen molar-refractivity contribution in [3.8, 4) is 0 Å². The molecular formula is C24H26N2O3S. The van der Waals surface area contributed by atoms with Crippen molar-refractivity contribution in [3.63, 3.8) is 0 Å². The van der Waals surface area contributed by atoms with Gasteiger partial charge in [0.1, 0.15) is 0 Å². The first kappa shape index (κ1) is 20.8. The molecule has 5 nitrogen and oxygen atoms in total. The van der Waals surface area contributed by atoms with E-state index in [1.807, 2.05) is 61.5 Å². The zero-order chi connectivity index (χ0) is 21.1. The number of benzene rings is 3. The summed E-state index contributed by atoms with van der Waals surface area (Å²) in [6, 6.07) is 23.6. The van der Waals surface area contributed by atoms with Gasteiger partial charge in [0.2, 0.25) is 10.0 Å². The van der Waals surface area contributed by atoms with Crippen molar-refractivity contribution in [1.29, 1.82) is 0 Å². The number of aliphatic hydroxyl groups is 1. The third-order valence-corrected chi connectivity index (χ3v) is 7.06. The fourth-order valence-electron chi connectivity index (χ4n) is 3.95. The van der Waals surface area contributed by atoms with Crippen LogP contribution in [0.25, 0.3) is 0 Å². The fourth-order valence-corrected chi connectivity index (χ4v) is 5.17. The molecule has 6 heteroatoms. The third-order valence-electron chi connectivity index (χ3n) is 5.58. The molecule has 0 saturated carbocycles. The summed E-state index contributed by atoms with van der Waals surface area (Å²) in [5, 5.41) is 13.9. The molecule has 0 radical (unpaired) electrons. The van der Waals surface area contributed by atoms with E-state index in [2.05, 4.69) is 10.0 Å². The van der Waals surface area contributed by atoms with Gasteiger partial charge < -0.3 is 10.4 Å². The standard InChI is InChI=1S/C24H26N2O3S/c1-17-11-13-20(14-12-17)30(28,29)26-22(18-7-3-2-4-8-18)16-25-24-21-10-6-5-9-19(21)15-23(24)27/h2-14,22-27H,15-16H2,1H3/t22-,23-,24+/m0/s1. The average molecular weight is 423 g/mol. The Balaban J connectivity index is 1.56. The maximum Gasteiger partial charge on any atom is 0.241 e. The van der Waals surface area contributed by atoms with Crippen LogP contribution in [0.2, 0.25) is 0 Å². The predicted octanol–water partition coefficient (Wildman–Crippen LogP) is 3.26. The Morgan fingerprint density at radius 1 is 0.967 bits per heavy atom. The molecule has 3 aromatic rings. The van der Waals surface area contributed by atoms with E-state index in [-0.39, 0.29) is 10.9 Å². The molecule has 0 spiro atoms. The number of hydrogen-bond acceptors (Lipinski definition) is 4. The molecule has 0 fully saturated rings. The molecule has 0 aromatic heterocycles. The monoisotopic (exact) mass is 422 g/mol. The minimum absolute atomic E-state index is 0.226. The molecule has 4 rings (SSSR count). The summed E-state index contributed by atoms with van der Waals surface area (Å²) < 4.78 is 28.8. The second-order valence-corrected chi connectivity index (χ2v) is 9.47. The van der Waals surface area contributed by atoms with Gasteiger partial charge in [-0.05, 0) is 35.7 Å². The summed E-state index contributed by atoms with van der Waals surface area (Å²) in [4.78, 5) is 0.236. The molecule has 0 aliphatic heterocycles. The first-order chi connectivity index (χ1) is 14.4. The van der Waals surface area contributed by atoms with Crippen molar-refractivity contribution < 1.29 is 13.5 Å². The maximum absolute atomic E-state index is 13.0. The summed E-state index contributed by atoms with van der Waals surface area (Å²) in [5.74, 6) is 0. The molecule has 156 valence electrons. The SMILES string of the molecule is Cc1ccc(S(=O)(=O)N[C@@H](CN[C@@H]2c3ccccc3C[C@@H]2O)c2ccccc2)cc1. The van der Waals surface area contributed by atoms with Gasteiger partial charge in [0, 0.05) is 13.0 Å². The number of nitrogens with one attached hydrogen (secondary N) is 2. The van der Waals surface area contributed by atoms with E-state index >= 15 is 0 Å². The van der Waals surface area contributed by atoms with Crippen molar-refractivity contribution in [3.05, 3.63) is 101 Å². The molecular weight excluding hydrogens is 396 g/mol. The summed E-state index contributed by atoms with van der Waals surface area (Å²) in [6.45, 7) is 2.27. The topological polar surface area (TPSA) is 78.4 Å². The van der Waals surface area contributed by atoms with Gasteiger partial charge in [-0.15, -0.1) is 0 Å². The number of fused-ring (bicyclic) bond motifs is 1. The lowest BCUT2D eigenvalue weighted by atomic mass is 10.1. The van der Waals surface area contributed by atoms with Crippen LogP contribution < -0.4 is 10.0 Å². The molecule has 1 aliphatic rings. The Bertz CT molecular complexity index is 1100. The Labute approximate surface area is 177 Å². The largest absolute Gasteiger partial charge is 0.391 e. The van der Waals surface area contributed by atoms with Crippen LogP contribution in [0.1, 0.15) is 34.3 Å². The van der Waals surface area contributed by atoms with Crippen molar-refractivity contribution in [2.45, 2.75) is 36.4 Å². The highest BCUT2D eigenvalue weighted by atomic mass is 32.2. The highest BCUT2D eigenvalue weighted by molar-refractivity contribution is 7.89. The summed E-state index contributed by atoms with van der Waals surface area (Å²) in [7, 11) is -3.70. The van der Waals surface area contributed by atoms with Crippen LogP contribution in [-0.4, -0.2) is 26.2 Å². The van der Waals surface area contributed by atoms with Crippen LogP contribution in [0.3, 0.4) is 0 Å². The zero-order valence-corrected chi connectivity index (χ0v) is 17.6. The number of aliphatic hydroxyl groups excluding tert-OH is 1. The molecule has 0 amide bonds. The summed E-state index contributed by atoms with van der Waals surface area (Å²) in [6.07, 6.45) is 0.0615. The van der Waals surface area contributed by atoms with Crippen LogP contribution in [-0.2, 0) is 16.4 Å². The Kier molecular flexibility index (Phi) is 6.01. The van der Waals surface area contributed by atoms with Crippen molar-refractivity contribution in [2.75, 3.05) is 6.54 Å². The Hall–Kier alpha value is -2.51. The van der Waals surface area contributed by atoms with Gasteiger partial charge in [0.25, 0.3) is 0 Å². The number of hydrogen-bond donors (Lipinski definition) is 3. The van der Waals surface area contributed by atoms with Gasteiger partial charge in [0.05, 0.1) is 23.1 Å². The Morgan fingerprint density at radius 2 is 1.63 bits per heavy atom. The van der Waals surface area contributed by atoms with Gasteiger partial charge in [-0.1, -0.05) is 72.3 Å². The van der Waals surface area contributed by atoms with Gasteiger partial charge in [-0.2, -0.15) is 0 Å².